The zero-order valence-corrected chi connectivity index (χ0v) is 21.0. The third-order valence-electron chi connectivity index (χ3n) is 7.29. The molecule has 3 heterocycles. The molecule has 2 atom stereocenters. The summed E-state index contributed by atoms with van der Waals surface area (Å²) in [5.41, 5.74) is 4.04. The fourth-order valence-electron chi connectivity index (χ4n) is 4.91. The number of rotatable bonds is 8. The molecular formula is C26H30N8O3. The van der Waals surface area contributed by atoms with Crippen molar-refractivity contribution >= 4 is 11.9 Å². The summed E-state index contributed by atoms with van der Waals surface area (Å²) in [6, 6.07) is 7.61. The number of nitrogens with one attached hydrogen (secondary N) is 1. The lowest BCUT2D eigenvalue weighted by molar-refractivity contribution is -0.143. The van der Waals surface area contributed by atoms with Crippen LogP contribution in [0.4, 0.5) is 5.95 Å². The Bertz CT molecular complexity index is 1340. The van der Waals surface area contributed by atoms with Crippen LogP contribution in [0.5, 0.6) is 5.75 Å². The van der Waals surface area contributed by atoms with Crippen molar-refractivity contribution in [2.24, 2.45) is 13.0 Å². The second-order valence-electron chi connectivity index (χ2n) is 9.82. The molecule has 0 bridgehead atoms. The number of aliphatic carboxylic acids is 1. The normalized spacial score (nSPS) is 19.6. The second kappa shape index (κ2) is 10.5. The number of hydrogen-bond acceptors (Lipinski definition) is 9. The Labute approximate surface area is 214 Å². The molecule has 0 aliphatic heterocycles. The molecule has 2 N–H and O–H groups in total. The average molecular weight is 503 g/mol. The van der Waals surface area contributed by atoms with Crippen LogP contribution in [0, 0.1) is 24.2 Å². The van der Waals surface area contributed by atoms with Crippen LogP contribution in [0.1, 0.15) is 73.6 Å². The van der Waals surface area contributed by atoms with E-state index in [4.69, 9.17) is 9.72 Å². The maximum atomic E-state index is 11.4. The first-order chi connectivity index (χ1) is 17.9. The number of aromatic nitrogens is 6. The van der Waals surface area contributed by atoms with E-state index in [1.807, 2.05) is 26.1 Å². The van der Waals surface area contributed by atoms with E-state index >= 15 is 0 Å². The van der Waals surface area contributed by atoms with E-state index in [1.54, 1.807) is 10.7 Å². The maximum Gasteiger partial charge on any atom is 0.306 e. The van der Waals surface area contributed by atoms with Crippen molar-refractivity contribution < 1.29 is 14.6 Å². The Morgan fingerprint density at radius 2 is 2.03 bits per heavy atom. The number of hydrogen-bond donors (Lipinski definition) is 2. The first kappa shape index (κ1) is 24.6. The number of carboxylic acid groups (broad SMARTS) is 1. The van der Waals surface area contributed by atoms with E-state index in [-0.39, 0.29) is 12.0 Å². The molecular weight excluding hydrogens is 472 g/mol. The van der Waals surface area contributed by atoms with Crippen LogP contribution < -0.4 is 10.1 Å². The van der Waals surface area contributed by atoms with E-state index in [0.29, 0.717) is 59.8 Å². The maximum absolute atomic E-state index is 11.4. The summed E-state index contributed by atoms with van der Waals surface area (Å²) in [5.74, 6) is 0.331. The summed E-state index contributed by atoms with van der Waals surface area (Å²) in [6.45, 7) is 2.23. The lowest BCUT2D eigenvalue weighted by Gasteiger charge is -2.27. The predicted molar refractivity (Wildman–Crippen MR) is 134 cm³/mol. The van der Waals surface area contributed by atoms with Gasteiger partial charge in [0.2, 0.25) is 5.95 Å². The smallest absolute Gasteiger partial charge is 0.306 e. The van der Waals surface area contributed by atoms with Crippen molar-refractivity contribution in [2.45, 2.75) is 70.4 Å². The summed E-state index contributed by atoms with van der Waals surface area (Å²) in [4.78, 5) is 25.1. The zero-order chi connectivity index (χ0) is 25.9. The van der Waals surface area contributed by atoms with Gasteiger partial charge in [-0.1, -0.05) is 11.6 Å². The summed E-state index contributed by atoms with van der Waals surface area (Å²) in [5, 5.41) is 30.5. The molecule has 5 rings (SSSR count). The van der Waals surface area contributed by atoms with Gasteiger partial charge in [0, 0.05) is 13.0 Å². The number of aryl methyl sites for hydroxylation is 2. The Morgan fingerprint density at radius 1 is 1.22 bits per heavy atom. The Hall–Kier alpha value is -4.07. The molecule has 11 nitrogen and oxygen atoms in total. The molecule has 3 aromatic rings. The van der Waals surface area contributed by atoms with Gasteiger partial charge in [-0.15, -0.1) is 5.10 Å². The van der Waals surface area contributed by atoms with Crippen LogP contribution in [0.2, 0.25) is 0 Å². The summed E-state index contributed by atoms with van der Waals surface area (Å²) in [7, 11) is 1.81. The number of anilines is 1. The number of ether oxygens (including phenoxy) is 1. The minimum absolute atomic E-state index is 0.133. The summed E-state index contributed by atoms with van der Waals surface area (Å²) in [6.07, 6.45) is 6.10. The third-order valence-corrected chi connectivity index (χ3v) is 7.29. The van der Waals surface area contributed by atoms with Crippen molar-refractivity contribution in [3.8, 4) is 23.2 Å². The molecule has 3 aromatic heterocycles. The van der Waals surface area contributed by atoms with Crippen molar-refractivity contribution in [1.29, 1.82) is 5.26 Å². The highest BCUT2D eigenvalue weighted by Gasteiger charge is 2.29. The lowest BCUT2D eigenvalue weighted by atomic mass is 9.83. The minimum atomic E-state index is -0.758. The molecule has 0 spiro atoms. The fourth-order valence-corrected chi connectivity index (χ4v) is 4.91. The lowest BCUT2D eigenvalue weighted by Crippen LogP contribution is -2.29. The van der Waals surface area contributed by atoms with Crippen molar-refractivity contribution in [1.82, 2.24) is 29.9 Å². The molecule has 2 saturated carbocycles. The van der Waals surface area contributed by atoms with Gasteiger partial charge in [0.05, 0.1) is 41.3 Å². The standard InChI is InChI=1S/C26H30N8O3/c1-15-23(37-19-8-4-7-17(11-19)25(35)36)10-9-20(29-15)24-22(34(2)33-32-24)14-28-26-30-18(13-27)12-21(31-26)16-5-3-6-16/h9-10,12,16-17,19H,3-8,11,14H2,1-2H3,(H,35,36)(H,28,30,31)/t17-,19-/m0/s1. The SMILES string of the molecule is Cc1nc(-c2nnn(C)c2CNc2nc(C#N)cc(C3CCC3)n2)ccc1O[C@H]1CCC[C@H](C(=O)O)C1. The molecule has 0 saturated heterocycles. The van der Waals surface area contributed by atoms with Gasteiger partial charge in [-0.3, -0.25) is 4.79 Å². The van der Waals surface area contributed by atoms with Crippen molar-refractivity contribution in [3.63, 3.8) is 0 Å². The van der Waals surface area contributed by atoms with Gasteiger partial charge < -0.3 is 15.2 Å². The van der Waals surface area contributed by atoms with E-state index < -0.39 is 5.97 Å². The highest BCUT2D eigenvalue weighted by Crippen LogP contribution is 2.36. The number of carbonyl (C=O) groups is 1. The second-order valence-corrected chi connectivity index (χ2v) is 9.82. The minimum Gasteiger partial charge on any atom is -0.489 e. The molecule has 37 heavy (non-hydrogen) atoms. The fraction of sp³-hybridized carbons (Fsp3) is 0.500. The van der Waals surface area contributed by atoms with E-state index in [2.05, 4.69) is 31.7 Å². The van der Waals surface area contributed by atoms with Gasteiger partial charge in [0.25, 0.3) is 0 Å². The van der Waals surface area contributed by atoms with Crippen molar-refractivity contribution in [2.75, 3.05) is 5.32 Å². The summed E-state index contributed by atoms with van der Waals surface area (Å²) < 4.78 is 7.82. The highest BCUT2D eigenvalue weighted by molar-refractivity contribution is 5.70. The predicted octanol–water partition coefficient (Wildman–Crippen LogP) is 3.75. The molecule has 192 valence electrons. The van der Waals surface area contributed by atoms with Crippen LogP contribution in [0.25, 0.3) is 11.4 Å². The van der Waals surface area contributed by atoms with Gasteiger partial charge in [-0.2, -0.15) is 5.26 Å². The quantitative estimate of drug-likeness (QED) is 0.466. The topological polar surface area (TPSA) is 152 Å². The van der Waals surface area contributed by atoms with Gasteiger partial charge in [-0.25, -0.2) is 19.6 Å². The Kier molecular flexibility index (Phi) is 6.99. The Balaban J connectivity index is 1.31. The first-order valence-corrected chi connectivity index (χ1v) is 12.7. The number of pyridine rings is 1. The van der Waals surface area contributed by atoms with Gasteiger partial charge in [-0.05, 0) is 63.6 Å². The number of carboxylic acids is 1. The average Bonchev–Trinajstić information content (AvgIpc) is 3.23. The highest BCUT2D eigenvalue weighted by atomic mass is 16.5. The molecule has 0 amide bonds. The molecule has 2 fully saturated rings. The third kappa shape index (κ3) is 5.38. The van der Waals surface area contributed by atoms with E-state index in [9.17, 15) is 15.2 Å². The van der Waals surface area contributed by atoms with Gasteiger partial charge >= 0.3 is 5.97 Å². The monoisotopic (exact) mass is 502 g/mol. The molecule has 0 aromatic carbocycles. The van der Waals surface area contributed by atoms with E-state index in [0.717, 1.165) is 37.1 Å². The van der Waals surface area contributed by atoms with Gasteiger partial charge in [0.1, 0.15) is 23.2 Å². The number of nitrogens with zero attached hydrogens (tertiary/aromatic N) is 7. The van der Waals surface area contributed by atoms with Crippen molar-refractivity contribution in [3.05, 3.63) is 41.0 Å². The van der Waals surface area contributed by atoms with Crippen LogP contribution in [-0.2, 0) is 18.4 Å². The number of nitriles is 1. The molecule has 11 heteroatoms. The summed E-state index contributed by atoms with van der Waals surface area (Å²) >= 11 is 0. The van der Waals surface area contributed by atoms with Crippen LogP contribution in [0.15, 0.2) is 18.2 Å². The van der Waals surface area contributed by atoms with E-state index in [1.165, 1.54) is 6.42 Å². The largest absolute Gasteiger partial charge is 0.489 e. The Morgan fingerprint density at radius 3 is 2.73 bits per heavy atom. The molecule has 0 radical (unpaired) electrons. The van der Waals surface area contributed by atoms with Gasteiger partial charge in [0.15, 0.2) is 0 Å². The molecule has 0 unspecified atom stereocenters. The molecule has 2 aliphatic rings. The van der Waals surface area contributed by atoms with Crippen LogP contribution >= 0.6 is 0 Å². The first-order valence-electron chi connectivity index (χ1n) is 12.7. The van der Waals surface area contributed by atoms with Crippen LogP contribution in [-0.4, -0.2) is 47.1 Å². The molecule has 2 aliphatic carbocycles. The zero-order valence-electron chi connectivity index (χ0n) is 21.0. The van der Waals surface area contributed by atoms with Crippen LogP contribution in [0.3, 0.4) is 0 Å².